The molecule has 0 amide bonds. The minimum absolute atomic E-state index is 0.136. The smallest absolute Gasteiger partial charge is 0.188 e. The maximum Gasteiger partial charge on any atom is 0.188 e. The predicted molar refractivity (Wildman–Crippen MR) is 85.4 cm³/mol. The summed E-state index contributed by atoms with van der Waals surface area (Å²) in [6.07, 6.45) is 5.21. The second-order valence-electron chi connectivity index (χ2n) is 4.59. The van der Waals surface area contributed by atoms with Crippen molar-refractivity contribution in [2.24, 2.45) is 0 Å². The zero-order valence-corrected chi connectivity index (χ0v) is 12.6. The molecule has 1 aromatic carbocycles. The zero-order chi connectivity index (χ0) is 14.7. The molecule has 3 aromatic rings. The van der Waals surface area contributed by atoms with Gasteiger partial charge in [-0.3, -0.25) is 0 Å². The molecule has 0 saturated heterocycles. The monoisotopic (exact) mass is 297 g/mol. The molecule has 0 bridgehead atoms. The Hall–Kier alpha value is -2.21. The van der Waals surface area contributed by atoms with Crippen LogP contribution in [-0.2, 0) is 0 Å². The Kier molecular flexibility index (Phi) is 3.96. The molecule has 0 fully saturated rings. The maximum atomic E-state index is 4.50. The number of anilines is 1. The van der Waals surface area contributed by atoms with E-state index in [1.54, 1.807) is 6.20 Å². The molecule has 0 aliphatic carbocycles. The van der Waals surface area contributed by atoms with Crippen LogP contribution in [-0.4, -0.2) is 26.2 Å². The number of hydrogen-bond donors (Lipinski definition) is 1. The molecule has 1 atom stereocenters. The fraction of sp³-hybridized carbons (Fsp3) is 0.200. The number of nitrogens with one attached hydrogen (secondary N) is 1. The van der Waals surface area contributed by atoms with Crippen molar-refractivity contribution in [1.82, 2.24) is 19.9 Å². The van der Waals surface area contributed by atoms with Crippen LogP contribution in [0.4, 0.5) is 5.82 Å². The SMILES string of the molecule is CSc1ncc2ncnc(N[C@H](C)c3ccccc3)c2n1. The van der Waals surface area contributed by atoms with Gasteiger partial charge in [0.2, 0.25) is 0 Å². The summed E-state index contributed by atoms with van der Waals surface area (Å²) in [7, 11) is 0. The van der Waals surface area contributed by atoms with Crippen LogP contribution < -0.4 is 5.32 Å². The number of thioether (sulfide) groups is 1. The largest absolute Gasteiger partial charge is 0.362 e. The lowest BCUT2D eigenvalue weighted by Crippen LogP contribution is -2.09. The summed E-state index contributed by atoms with van der Waals surface area (Å²) in [5.74, 6) is 0.731. The lowest BCUT2D eigenvalue weighted by atomic mass is 10.1. The number of aromatic nitrogens is 4. The minimum Gasteiger partial charge on any atom is -0.362 e. The molecule has 106 valence electrons. The third-order valence-electron chi connectivity index (χ3n) is 3.19. The standard InChI is InChI=1S/C15H15N5S/c1-10(11-6-4-3-5-7-11)19-14-13-12(17-9-18-14)8-16-15(20-13)21-2/h3-10H,1-2H3,(H,17,18,19)/t10-/m1/s1. The van der Waals surface area contributed by atoms with E-state index < -0.39 is 0 Å². The van der Waals surface area contributed by atoms with Gasteiger partial charge in [0.05, 0.1) is 12.2 Å². The van der Waals surface area contributed by atoms with Crippen molar-refractivity contribution in [2.75, 3.05) is 11.6 Å². The second kappa shape index (κ2) is 6.05. The number of fused-ring (bicyclic) bond motifs is 1. The highest BCUT2D eigenvalue weighted by atomic mass is 32.2. The van der Waals surface area contributed by atoms with Crippen LogP contribution in [0.3, 0.4) is 0 Å². The molecule has 5 nitrogen and oxygen atoms in total. The van der Waals surface area contributed by atoms with Gasteiger partial charge in [-0.15, -0.1) is 0 Å². The molecular weight excluding hydrogens is 282 g/mol. The van der Waals surface area contributed by atoms with Gasteiger partial charge < -0.3 is 5.32 Å². The molecule has 0 saturated carbocycles. The third-order valence-corrected chi connectivity index (χ3v) is 3.75. The molecule has 21 heavy (non-hydrogen) atoms. The highest BCUT2D eigenvalue weighted by Crippen LogP contribution is 2.23. The third kappa shape index (κ3) is 2.95. The summed E-state index contributed by atoms with van der Waals surface area (Å²) in [6.45, 7) is 2.10. The summed E-state index contributed by atoms with van der Waals surface area (Å²) in [5.41, 5.74) is 2.69. The Morgan fingerprint density at radius 1 is 1.10 bits per heavy atom. The maximum absolute atomic E-state index is 4.50. The van der Waals surface area contributed by atoms with E-state index in [0.717, 1.165) is 16.9 Å². The lowest BCUT2D eigenvalue weighted by molar-refractivity contribution is 0.872. The highest BCUT2D eigenvalue weighted by molar-refractivity contribution is 7.98. The van der Waals surface area contributed by atoms with E-state index in [0.29, 0.717) is 5.16 Å². The summed E-state index contributed by atoms with van der Waals surface area (Å²) >= 11 is 1.50. The molecule has 1 N–H and O–H groups in total. The van der Waals surface area contributed by atoms with E-state index >= 15 is 0 Å². The van der Waals surface area contributed by atoms with Crippen LogP contribution in [0.1, 0.15) is 18.5 Å². The molecule has 0 aliphatic rings. The first-order valence-electron chi connectivity index (χ1n) is 6.61. The fourth-order valence-electron chi connectivity index (χ4n) is 2.07. The van der Waals surface area contributed by atoms with Crippen molar-refractivity contribution in [3.63, 3.8) is 0 Å². The van der Waals surface area contributed by atoms with Crippen molar-refractivity contribution in [2.45, 2.75) is 18.1 Å². The Bertz CT molecular complexity index is 747. The Morgan fingerprint density at radius 3 is 2.67 bits per heavy atom. The molecular formula is C15H15N5S. The summed E-state index contributed by atoms with van der Waals surface area (Å²) in [6, 6.07) is 10.4. The first-order chi connectivity index (χ1) is 10.3. The van der Waals surface area contributed by atoms with Crippen molar-refractivity contribution >= 4 is 28.6 Å². The van der Waals surface area contributed by atoms with Crippen molar-refractivity contribution in [3.8, 4) is 0 Å². The predicted octanol–water partition coefficient (Wildman–Crippen LogP) is 3.31. The van der Waals surface area contributed by atoms with E-state index in [4.69, 9.17) is 0 Å². The van der Waals surface area contributed by atoms with Crippen LogP contribution >= 0.6 is 11.8 Å². The van der Waals surface area contributed by atoms with Crippen LogP contribution in [0.25, 0.3) is 11.0 Å². The Labute approximate surface area is 127 Å². The molecule has 0 aliphatic heterocycles. The number of benzene rings is 1. The quantitative estimate of drug-likeness (QED) is 0.589. The van der Waals surface area contributed by atoms with Gasteiger partial charge in [-0.05, 0) is 18.7 Å². The minimum atomic E-state index is 0.136. The molecule has 2 heterocycles. The van der Waals surface area contributed by atoms with Crippen LogP contribution in [0.15, 0.2) is 48.0 Å². The van der Waals surface area contributed by atoms with E-state index in [1.807, 2.05) is 24.5 Å². The van der Waals surface area contributed by atoms with Gasteiger partial charge in [0, 0.05) is 0 Å². The Morgan fingerprint density at radius 2 is 1.90 bits per heavy atom. The summed E-state index contributed by atoms with van der Waals surface area (Å²) in [5, 5.41) is 4.12. The van der Waals surface area contributed by atoms with Gasteiger partial charge in [0.15, 0.2) is 11.0 Å². The van der Waals surface area contributed by atoms with E-state index in [2.05, 4.69) is 44.3 Å². The van der Waals surface area contributed by atoms with Crippen LogP contribution in [0.2, 0.25) is 0 Å². The molecule has 0 radical (unpaired) electrons. The topological polar surface area (TPSA) is 63.6 Å². The molecule has 0 unspecified atom stereocenters. The van der Waals surface area contributed by atoms with Crippen molar-refractivity contribution in [1.29, 1.82) is 0 Å². The first kappa shape index (κ1) is 13.8. The molecule has 0 spiro atoms. The average molecular weight is 297 g/mol. The van der Waals surface area contributed by atoms with Crippen LogP contribution in [0.5, 0.6) is 0 Å². The normalized spacial score (nSPS) is 12.3. The average Bonchev–Trinajstić information content (AvgIpc) is 2.55. The van der Waals surface area contributed by atoms with Gasteiger partial charge >= 0.3 is 0 Å². The zero-order valence-electron chi connectivity index (χ0n) is 11.8. The number of rotatable bonds is 4. The van der Waals surface area contributed by atoms with Crippen molar-refractivity contribution in [3.05, 3.63) is 48.4 Å². The fourth-order valence-corrected chi connectivity index (χ4v) is 2.41. The number of hydrogen-bond acceptors (Lipinski definition) is 6. The van der Waals surface area contributed by atoms with Crippen LogP contribution in [0, 0.1) is 0 Å². The van der Waals surface area contributed by atoms with Gasteiger partial charge in [-0.1, -0.05) is 42.1 Å². The van der Waals surface area contributed by atoms with Gasteiger partial charge in [-0.25, -0.2) is 19.9 Å². The summed E-state index contributed by atoms with van der Waals surface area (Å²) < 4.78 is 0. The van der Waals surface area contributed by atoms with E-state index in [1.165, 1.54) is 23.7 Å². The first-order valence-corrected chi connectivity index (χ1v) is 7.83. The summed E-state index contributed by atoms with van der Waals surface area (Å²) in [4.78, 5) is 17.3. The second-order valence-corrected chi connectivity index (χ2v) is 5.36. The number of nitrogens with zero attached hydrogens (tertiary/aromatic N) is 4. The van der Waals surface area contributed by atoms with Gasteiger partial charge in [0.1, 0.15) is 17.4 Å². The molecule has 6 heteroatoms. The van der Waals surface area contributed by atoms with Gasteiger partial charge in [0.25, 0.3) is 0 Å². The van der Waals surface area contributed by atoms with Crippen molar-refractivity contribution < 1.29 is 0 Å². The van der Waals surface area contributed by atoms with E-state index in [-0.39, 0.29) is 6.04 Å². The van der Waals surface area contributed by atoms with E-state index in [9.17, 15) is 0 Å². The molecule has 3 rings (SSSR count). The highest BCUT2D eigenvalue weighted by Gasteiger charge is 2.11. The van der Waals surface area contributed by atoms with Gasteiger partial charge in [-0.2, -0.15) is 0 Å². The Balaban J connectivity index is 1.96. The molecule has 2 aromatic heterocycles. The lowest BCUT2D eigenvalue weighted by Gasteiger charge is -2.15.